The van der Waals surface area contributed by atoms with Crippen LogP contribution in [0.5, 0.6) is 0 Å². The minimum absolute atomic E-state index is 0.584. The summed E-state index contributed by atoms with van der Waals surface area (Å²) >= 11 is 0. The molecule has 1 aliphatic rings. The SMILES string of the molecule is c1ccc(-c2ccc(N(c3ccc(-c4ccccn4)cc3)c3ccccc3-c3ccc4c(c3)N(c3ccccc3)c3ccccc3C4(c3ccccc3)c3ccccc3)cc2)cc1. The lowest BCUT2D eigenvalue weighted by Crippen LogP contribution is -2.37. The zero-order chi connectivity index (χ0) is 42.0. The van der Waals surface area contributed by atoms with Gasteiger partial charge in [-0.3, -0.25) is 4.98 Å². The predicted molar refractivity (Wildman–Crippen MR) is 262 cm³/mol. The van der Waals surface area contributed by atoms with E-state index in [9.17, 15) is 0 Å². The number of anilines is 6. The minimum Gasteiger partial charge on any atom is -0.310 e. The van der Waals surface area contributed by atoms with E-state index in [1.807, 2.05) is 18.3 Å². The third kappa shape index (κ3) is 6.68. The zero-order valence-corrected chi connectivity index (χ0v) is 34.7. The maximum Gasteiger partial charge on any atom is 0.0742 e. The number of benzene rings is 9. The molecule has 0 spiro atoms. The highest BCUT2D eigenvalue weighted by atomic mass is 15.2. The number of hydrogen-bond donors (Lipinski definition) is 0. The van der Waals surface area contributed by atoms with E-state index >= 15 is 0 Å². The van der Waals surface area contributed by atoms with Crippen LogP contribution in [0.15, 0.2) is 261 Å². The van der Waals surface area contributed by atoms with Crippen LogP contribution in [0.1, 0.15) is 22.3 Å². The van der Waals surface area contributed by atoms with Gasteiger partial charge in [0.05, 0.1) is 28.2 Å². The molecule has 0 saturated carbocycles. The molecule has 0 fully saturated rings. The molecule has 0 N–H and O–H groups in total. The van der Waals surface area contributed by atoms with Crippen LogP contribution in [0.2, 0.25) is 0 Å². The Kier molecular flexibility index (Phi) is 9.76. The monoisotopic (exact) mass is 805 g/mol. The molecular weight excluding hydrogens is 763 g/mol. The number of para-hydroxylation sites is 3. The Morgan fingerprint density at radius 2 is 0.873 bits per heavy atom. The third-order valence-corrected chi connectivity index (χ3v) is 12.4. The van der Waals surface area contributed by atoms with E-state index in [0.29, 0.717) is 0 Å². The van der Waals surface area contributed by atoms with Gasteiger partial charge in [0.25, 0.3) is 0 Å². The molecule has 9 aromatic carbocycles. The molecule has 0 amide bonds. The van der Waals surface area contributed by atoms with Crippen molar-refractivity contribution in [2.24, 2.45) is 0 Å². The minimum atomic E-state index is -0.584. The van der Waals surface area contributed by atoms with Gasteiger partial charge < -0.3 is 9.80 Å². The third-order valence-electron chi connectivity index (χ3n) is 12.4. The largest absolute Gasteiger partial charge is 0.310 e. The Morgan fingerprint density at radius 1 is 0.365 bits per heavy atom. The number of aromatic nitrogens is 1. The first-order chi connectivity index (χ1) is 31.3. The average molecular weight is 806 g/mol. The second-order valence-electron chi connectivity index (χ2n) is 15.9. The Balaban J connectivity index is 1.13. The molecule has 0 bridgehead atoms. The summed E-state index contributed by atoms with van der Waals surface area (Å²) in [7, 11) is 0. The van der Waals surface area contributed by atoms with Crippen molar-refractivity contribution in [1.82, 2.24) is 4.98 Å². The van der Waals surface area contributed by atoms with Crippen molar-refractivity contribution in [3.8, 4) is 33.5 Å². The first-order valence-corrected chi connectivity index (χ1v) is 21.5. The van der Waals surface area contributed by atoms with Gasteiger partial charge in [-0.25, -0.2) is 0 Å². The molecule has 0 unspecified atom stereocenters. The summed E-state index contributed by atoms with van der Waals surface area (Å²) in [4.78, 5) is 9.48. The van der Waals surface area contributed by atoms with Crippen molar-refractivity contribution >= 4 is 34.1 Å². The maximum atomic E-state index is 4.64. The summed E-state index contributed by atoms with van der Waals surface area (Å²) in [6, 6.07) is 92.0. The van der Waals surface area contributed by atoms with Crippen LogP contribution in [0, 0.1) is 0 Å². The molecule has 63 heavy (non-hydrogen) atoms. The summed E-state index contributed by atoms with van der Waals surface area (Å²) in [5, 5.41) is 0. The molecule has 11 rings (SSSR count). The molecule has 10 aromatic rings. The fourth-order valence-corrected chi connectivity index (χ4v) is 9.57. The number of hydrogen-bond acceptors (Lipinski definition) is 3. The topological polar surface area (TPSA) is 19.4 Å². The van der Waals surface area contributed by atoms with Crippen LogP contribution in [0.3, 0.4) is 0 Å². The van der Waals surface area contributed by atoms with Gasteiger partial charge in [-0.2, -0.15) is 0 Å². The van der Waals surface area contributed by atoms with Crippen molar-refractivity contribution < 1.29 is 0 Å². The summed E-state index contributed by atoms with van der Waals surface area (Å²) in [6.45, 7) is 0. The molecule has 0 radical (unpaired) electrons. The molecule has 2 heterocycles. The Labute approximate surface area is 369 Å². The Morgan fingerprint density at radius 3 is 1.52 bits per heavy atom. The Bertz CT molecular complexity index is 3010. The van der Waals surface area contributed by atoms with E-state index in [1.54, 1.807) is 0 Å². The van der Waals surface area contributed by atoms with Crippen LogP contribution in [-0.4, -0.2) is 4.98 Å². The van der Waals surface area contributed by atoms with E-state index in [4.69, 9.17) is 0 Å². The van der Waals surface area contributed by atoms with Crippen molar-refractivity contribution in [3.05, 3.63) is 283 Å². The lowest BCUT2D eigenvalue weighted by atomic mass is 9.62. The summed E-state index contributed by atoms with van der Waals surface area (Å²) in [6.07, 6.45) is 1.85. The molecule has 0 aliphatic carbocycles. The second-order valence-corrected chi connectivity index (χ2v) is 15.9. The van der Waals surface area contributed by atoms with Gasteiger partial charge in [0.1, 0.15) is 0 Å². The predicted octanol–water partition coefficient (Wildman–Crippen LogP) is 15.7. The van der Waals surface area contributed by atoms with E-state index in [1.165, 1.54) is 33.4 Å². The van der Waals surface area contributed by atoms with Gasteiger partial charge in [0.2, 0.25) is 0 Å². The van der Waals surface area contributed by atoms with Crippen molar-refractivity contribution in [3.63, 3.8) is 0 Å². The lowest BCUT2D eigenvalue weighted by molar-refractivity contribution is 0.731. The zero-order valence-electron chi connectivity index (χ0n) is 34.7. The molecular formula is C60H43N3. The smallest absolute Gasteiger partial charge is 0.0742 e. The summed E-state index contributed by atoms with van der Waals surface area (Å²) in [5.74, 6) is 0. The highest BCUT2D eigenvalue weighted by molar-refractivity contribution is 5.94. The van der Waals surface area contributed by atoms with Crippen molar-refractivity contribution in [2.75, 3.05) is 9.80 Å². The van der Waals surface area contributed by atoms with E-state index < -0.39 is 5.41 Å². The van der Waals surface area contributed by atoms with Crippen molar-refractivity contribution in [1.29, 1.82) is 0 Å². The van der Waals surface area contributed by atoms with Crippen LogP contribution in [0.25, 0.3) is 33.5 Å². The average Bonchev–Trinajstić information content (AvgIpc) is 3.37. The van der Waals surface area contributed by atoms with Crippen LogP contribution < -0.4 is 9.80 Å². The van der Waals surface area contributed by atoms with E-state index in [-0.39, 0.29) is 0 Å². The lowest BCUT2D eigenvalue weighted by Gasteiger charge is -2.46. The van der Waals surface area contributed by atoms with Crippen molar-refractivity contribution in [2.45, 2.75) is 5.41 Å². The summed E-state index contributed by atoms with van der Waals surface area (Å²) < 4.78 is 0. The first kappa shape index (κ1) is 37.7. The first-order valence-electron chi connectivity index (χ1n) is 21.5. The van der Waals surface area contributed by atoms with E-state index in [2.05, 4.69) is 257 Å². The molecule has 3 heteroatoms. The molecule has 3 nitrogen and oxygen atoms in total. The second kappa shape index (κ2) is 16.3. The van der Waals surface area contributed by atoms with E-state index in [0.717, 1.165) is 56.5 Å². The van der Waals surface area contributed by atoms with Crippen LogP contribution in [0.4, 0.5) is 34.1 Å². The molecule has 0 saturated heterocycles. The van der Waals surface area contributed by atoms with Gasteiger partial charge in [-0.05, 0) is 106 Å². The van der Waals surface area contributed by atoms with Crippen LogP contribution >= 0.6 is 0 Å². The fourth-order valence-electron chi connectivity index (χ4n) is 9.57. The number of fused-ring (bicyclic) bond motifs is 2. The maximum absolute atomic E-state index is 4.64. The summed E-state index contributed by atoms with van der Waals surface area (Å²) in [5.41, 5.74) is 17.6. The van der Waals surface area contributed by atoms with Gasteiger partial charge in [0, 0.05) is 34.4 Å². The molecule has 298 valence electrons. The van der Waals surface area contributed by atoms with Gasteiger partial charge in [-0.1, -0.05) is 188 Å². The molecule has 0 atom stereocenters. The Hall–Kier alpha value is -8.27. The van der Waals surface area contributed by atoms with Gasteiger partial charge in [-0.15, -0.1) is 0 Å². The van der Waals surface area contributed by atoms with Crippen LogP contribution in [-0.2, 0) is 5.41 Å². The quantitative estimate of drug-likeness (QED) is 0.145. The number of rotatable bonds is 9. The van der Waals surface area contributed by atoms with Gasteiger partial charge in [0.15, 0.2) is 0 Å². The molecule has 1 aromatic heterocycles. The van der Waals surface area contributed by atoms with Gasteiger partial charge >= 0.3 is 0 Å². The fraction of sp³-hybridized carbons (Fsp3) is 0.0167. The molecule has 1 aliphatic heterocycles. The highest BCUT2D eigenvalue weighted by Crippen LogP contribution is 2.58. The standard InChI is InChI=1S/C60H43N3/c1-5-19-44(20-6-1)45-32-37-51(38-33-45)62(52-39-34-46(35-40-52)56-29-17-18-42-61-56)57-30-15-13-27-53(57)47-36-41-55-59(43-47)63(50-25-11-4-12-26-50)58-31-16-14-28-54(58)60(55,48-21-7-2-8-22-48)49-23-9-3-10-24-49/h1-43H. The normalized spacial score (nSPS) is 12.5. The highest BCUT2D eigenvalue weighted by Gasteiger charge is 2.46. The number of pyridine rings is 1. The number of nitrogens with zero attached hydrogens (tertiary/aromatic N) is 3.